The number of hydrogen-bond acceptors (Lipinski definition) is 3. The maximum atomic E-state index is 11.9. The topological polar surface area (TPSA) is 64.9 Å². The van der Waals surface area contributed by atoms with Gasteiger partial charge in [-0.1, -0.05) is 30.1 Å². The Morgan fingerprint density at radius 2 is 2.20 bits per heavy atom. The van der Waals surface area contributed by atoms with Crippen molar-refractivity contribution >= 4 is 34.8 Å². The molecule has 0 aliphatic rings. The Kier molecular flexibility index (Phi) is 6.37. The lowest BCUT2D eigenvalue weighted by molar-refractivity contribution is -0.112. The number of hydrogen-bond donors (Lipinski definition) is 2. The molecule has 1 aromatic rings. The summed E-state index contributed by atoms with van der Waals surface area (Å²) in [7, 11) is 0. The van der Waals surface area contributed by atoms with Crippen molar-refractivity contribution in [2.75, 3.05) is 5.32 Å². The summed E-state index contributed by atoms with van der Waals surface area (Å²) in [6.45, 7) is 3.96. The molecule has 4 nitrogen and oxygen atoms in total. The Labute approximate surface area is 128 Å². The molecule has 6 heteroatoms. The third-order valence-corrected chi connectivity index (χ3v) is 3.22. The van der Waals surface area contributed by atoms with Crippen LogP contribution in [0.5, 0.6) is 0 Å². The lowest BCUT2D eigenvalue weighted by Crippen LogP contribution is -2.22. The van der Waals surface area contributed by atoms with E-state index in [1.165, 1.54) is 12.3 Å². The van der Waals surface area contributed by atoms with E-state index >= 15 is 0 Å². The highest BCUT2D eigenvalue weighted by molar-refractivity contribution is 6.36. The molecule has 0 bridgehead atoms. The van der Waals surface area contributed by atoms with Gasteiger partial charge in [0.1, 0.15) is 11.6 Å². The maximum Gasteiger partial charge on any atom is 0.267 e. The first-order valence-electron chi connectivity index (χ1n) is 6.10. The second-order valence-corrected chi connectivity index (χ2v) is 5.07. The summed E-state index contributed by atoms with van der Waals surface area (Å²) >= 11 is 11.7. The van der Waals surface area contributed by atoms with Crippen LogP contribution in [0, 0.1) is 11.3 Å². The molecule has 1 unspecified atom stereocenters. The molecule has 106 valence electrons. The number of nitrogens with one attached hydrogen (secondary N) is 2. The quantitative estimate of drug-likeness (QED) is 0.643. The Balaban J connectivity index is 2.80. The van der Waals surface area contributed by atoms with E-state index < -0.39 is 5.91 Å². The number of carbonyl (C=O) groups excluding carboxylic acids is 1. The Morgan fingerprint density at radius 3 is 2.75 bits per heavy atom. The van der Waals surface area contributed by atoms with Crippen LogP contribution in [0.25, 0.3) is 0 Å². The molecule has 20 heavy (non-hydrogen) atoms. The van der Waals surface area contributed by atoms with Crippen molar-refractivity contribution < 1.29 is 4.79 Å². The van der Waals surface area contributed by atoms with Gasteiger partial charge < -0.3 is 10.6 Å². The van der Waals surface area contributed by atoms with Crippen LogP contribution < -0.4 is 10.6 Å². The van der Waals surface area contributed by atoms with Crippen molar-refractivity contribution in [3.63, 3.8) is 0 Å². The molecule has 0 saturated heterocycles. The number of amides is 1. The summed E-state index contributed by atoms with van der Waals surface area (Å²) in [5, 5.41) is 15.3. The van der Waals surface area contributed by atoms with Gasteiger partial charge in [-0.15, -0.1) is 0 Å². The predicted octanol–water partition coefficient (Wildman–Crippen LogP) is 3.73. The summed E-state index contributed by atoms with van der Waals surface area (Å²) in [6.07, 6.45) is 2.30. The molecule has 0 aromatic heterocycles. The fourth-order valence-corrected chi connectivity index (χ4v) is 1.73. The van der Waals surface area contributed by atoms with Gasteiger partial charge in [-0.3, -0.25) is 4.79 Å². The first-order valence-corrected chi connectivity index (χ1v) is 6.86. The number of nitrogens with zero attached hydrogens (tertiary/aromatic N) is 1. The number of rotatable bonds is 5. The van der Waals surface area contributed by atoms with Gasteiger partial charge in [0.2, 0.25) is 0 Å². The summed E-state index contributed by atoms with van der Waals surface area (Å²) in [4.78, 5) is 11.9. The molecule has 1 atom stereocenters. The average Bonchev–Trinajstić information content (AvgIpc) is 2.42. The van der Waals surface area contributed by atoms with Gasteiger partial charge >= 0.3 is 0 Å². The third kappa shape index (κ3) is 4.76. The molecule has 0 spiro atoms. The van der Waals surface area contributed by atoms with Gasteiger partial charge in [0.15, 0.2) is 0 Å². The maximum absolute atomic E-state index is 11.9. The molecular formula is C14H15Cl2N3O. The molecule has 0 aliphatic heterocycles. The number of anilines is 1. The van der Waals surface area contributed by atoms with Gasteiger partial charge in [-0.05, 0) is 31.5 Å². The van der Waals surface area contributed by atoms with Crippen LogP contribution in [0.1, 0.15) is 20.3 Å². The van der Waals surface area contributed by atoms with E-state index in [1.54, 1.807) is 12.1 Å². The van der Waals surface area contributed by atoms with Crippen LogP contribution in [0.2, 0.25) is 10.0 Å². The second kappa shape index (κ2) is 7.78. The van der Waals surface area contributed by atoms with Crippen molar-refractivity contribution in [3.8, 4) is 6.07 Å². The molecule has 0 radical (unpaired) electrons. The van der Waals surface area contributed by atoms with Crippen molar-refractivity contribution in [3.05, 3.63) is 40.0 Å². The number of halogens is 2. The summed E-state index contributed by atoms with van der Waals surface area (Å²) in [6, 6.07) is 6.75. The lowest BCUT2D eigenvalue weighted by Gasteiger charge is -2.10. The normalized spacial score (nSPS) is 12.4. The summed E-state index contributed by atoms with van der Waals surface area (Å²) in [5.41, 5.74) is 0.391. The molecular weight excluding hydrogens is 297 g/mol. The van der Waals surface area contributed by atoms with Gasteiger partial charge in [-0.2, -0.15) is 5.26 Å². The number of carbonyl (C=O) groups is 1. The van der Waals surface area contributed by atoms with Crippen LogP contribution in [0.15, 0.2) is 30.0 Å². The SMILES string of the molecule is CCC(C)N/C=C(/C#N)C(=O)Nc1ccc(Cl)cc1Cl. The van der Waals surface area contributed by atoms with E-state index in [9.17, 15) is 4.79 Å². The molecule has 1 aromatic carbocycles. The van der Waals surface area contributed by atoms with Crippen LogP contribution in [0.3, 0.4) is 0 Å². The zero-order valence-electron chi connectivity index (χ0n) is 11.2. The minimum absolute atomic E-state index is 0.0173. The van der Waals surface area contributed by atoms with Gasteiger partial charge in [0, 0.05) is 17.3 Å². The summed E-state index contributed by atoms with van der Waals surface area (Å²) < 4.78 is 0. The van der Waals surface area contributed by atoms with E-state index in [0.717, 1.165) is 6.42 Å². The zero-order chi connectivity index (χ0) is 15.1. The molecule has 0 heterocycles. The second-order valence-electron chi connectivity index (χ2n) is 4.22. The van der Waals surface area contributed by atoms with Crippen molar-refractivity contribution in [2.24, 2.45) is 0 Å². The van der Waals surface area contributed by atoms with Gasteiger partial charge in [-0.25, -0.2) is 0 Å². The van der Waals surface area contributed by atoms with Crippen LogP contribution in [0.4, 0.5) is 5.69 Å². The molecule has 0 aliphatic carbocycles. The molecule has 1 rings (SSSR count). The Hall–Kier alpha value is -1.70. The van der Waals surface area contributed by atoms with Crippen LogP contribution in [-0.2, 0) is 4.79 Å². The minimum atomic E-state index is -0.521. The fourth-order valence-electron chi connectivity index (χ4n) is 1.27. The zero-order valence-corrected chi connectivity index (χ0v) is 12.7. The van der Waals surface area contributed by atoms with Crippen molar-refractivity contribution in [1.29, 1.82) is 5.26 Å². The van der Waals surface area contributed by atoms with E-state index in [-0.39, 0.29) is 11.6 Å². The molecule has 0 saturated carbocycles. The number of nitriles is 1. The van der Waals surface area contributed by atoms with Crippen LogP contribution >= 0.6 is 23.2 Å². The fraction of sp³-hybridized carbons (Fsp3) is 0.286. The van der Waals surface area contributed by atoms with E-state index in [4.69, 9.17) is 28.5 Å². The smallest absolute Gasteiger partial charge is 0.267 e. The van der Waals surface area contributed by atoms with E-state index in [2.05, 4.69) is 10.6 Å². The molecule has 0 fully saturated rings. The van der Waals surface area contributed by atoms with Crippen molar-refractivity contribution in [1.82, 2.24) is 5.32 Å². The highest BCUT2D eigenvalue weighted by Crippen LogP contribution is 2.25. The van der Waals surface area contributed by atoms with E-state index in [0.29, 0.717) is 15.7 Å². The lowest BCUT2D eigenvalue weighted by atomic mass is 10.2. The van der Waals surface area contributed by atoms with Crippen molar-refractivity contribution in [2.45, 2.75) is 26.3 Å². The largest absolute Gasteiger partial charge is 0.387 e. The third-order valence-electron chi connectivity index (χ3n) is 2.67. The van der Waals surface area contributed by atoms with Gasteiger partial charge in [0.05, 0.1) is 10.7 Å². The average molecular weight is 312 g/mol. The van der Waals surface area contributed by atoms with Crippen LogP contribution in [-0.4, -0.2) is 11.9 Å². The van der Waals surface area contributed by atoms with Gasteiger partial charge in [0.25, 0.3) is 5.91 Å². The standard InChI is InChI=1S/C14H15Cl2N3O/c1-3-9(2)18-8-10(7-17)14(20)19-13-5-4-11(15)6-12(13)16/h4-6,8-9,18H,3H2,1-2H3,(H,19,20)/b10-8-. The first kappa shape index (κ1) is 16.4. The number of benzene rings is 1. The molecule has 1 amide bonds. The summed E-state index contributed by atoms with van der Waals surface area (Å²) in [5.74, 6) is -0.521. The highest BCUT2D eigenvalue weighted by atomic mass is 35.5. The molecule has 2 N–H and O–H groups in total. The first-order chi connectivity index (χ1) is 9.47. The highest BCUT2D eigenvalue weighted by Gasteiger charge is 2.11. The monoisotopic (exact) mass is 311 g/mol. The Morgan fingerprint density at radius 1 is 1.50 bits per heavy atom. The Bertz CT molecular complexity index is 564. The predicted molar refractivity (Wildman–Crippen MR) is 81.7 cm³/mol. The van der Waals surface area contributed by atoms with E-state index in [1.807, 2.05) is 19.9 Å². The minimum Gasteiger partial charge on any atom is -0.387 e.